The third-order valence-corrected chi connectivity index (χ3v) is 3.83. The number of nitrogens with zero attached hydrogens (tertiary/aromatic N) is 1. The molecule has 0 aromatic rings. The SMILES string of the molecule is CC(CN)N(C)C(=O)CC1CCCCCC1.Cl. The molecule has 0 heterocycles. The number of likely N-dealkylation sites (N-methyl/N-ethyl adjacent to an activating group) is 1. The molecule has 1 saturated carbocycles. The van der Waals surface area contributed by atoms with Crippen molar-refractivity contribution >= 4 is 18.3 Å². The first-order chi connectivity index (χ1) is 7.65. The molecule has 3 nitrogen and oxygen atoms in total. The molecule has 2 N–H and O–H groups in total. The fourth-order valence-electron chi connectivity index (χ4n) is 2.36. The van der Waals surface area contributed by atoms with Gasteiger partial charge in [-0.05, 0) is 25.7 Å². The number of hydrogen-bond acceptors (Lipinski definition) is 2. The molecule has 1 fully saturated rings. The lowest BCUT2D eigenvalue weighted by Crippen LogP contribution is -2.40. The Balaban J connectivity index is 0.00000256. The molecular formula is C13H27ClN2O. The van der Waals surface area contributed by atoms with Crippen LogP contribution in [-0.4, -0.2) is 30.4 Å². The second kappa shape index (κ2) is 8.76. The van der Waals surface area contributed by atoms with Crippen molar-refractivity contribution in [3.8, 4) is 0 Å². The molecule has 102 valence electrons. The third-order valence-electron chi connectivity index (χ3n) is 3.83. The zero-order valence-electron chi connectivity index (χ0n) is 11.2. The smallest absolute Gasteiger partial charge is 0.222 e. The topological polar surface area (TPSA) is 46.3 Å². The van der Waals surface area contributed by atoms with Crippen LogP contribution in [0.25, 0.3) is 0 Å². The van der Waals surface area contributed by atoms with Gasteiger partial charge in [0.2, 0.25) is 5.91 Å². The Morgan fingerprint density at radius 1 is 1.29 bits per heavy atom. The molecule has 0 aromatic heterocycles. The van der Waals surface area contributed by atoms with Crippen molar-refractivity contribution in [2.24, 2.45) is 11.7 Å². The van der Waals surface area contributed by atoms with Gasteiger partial charge in [-0.25, -0.2) is 0 Å². The highest BCUT2D eigenvalue weighted by Crippen LogP contribution is 2.25. The number of carbonyl (C=O) groups excluding carboxylic acids is 1. The molecule has 1 aliphatic rings. The van der Waals surface area contributed by atoms with E-state index in [9.17, 15) is 4.79 Å². The van der Waals surface area contributed by atoms with Crippen LogP contribution < -0.4 is 5.73 Å². The number of nitrogens with two attached hydrogens (primary N) is 1. The fourth-order valence-corrected chi connectivity index (χ4v) is 2.36. The van der Waals surface area contributed by atoms with Crippen molar-refractivity contribution < 1.29 is 4.79 Å². The number of hydrogen-bond donors (Lipinski definition) is 1. The van der Waals surface area contributed by atoms with Crippen LogP contribution in [0, 0.1) is 5.92 Å². The van der Waals surface area contributed by atoms with Gasteiger partial charge < -0.3 is 10.6 Å². The Kier molecular flexibility index (Phi) is 8.61. The summed E-state index contributed by atoms with van der Waals surface area (Å²) in [5.74, 6) is 0.882. The normalized spacial score (nSPS) is 19.0. The molecule has 0 radical (unpaired) electrons. The van der Waals surface area contributed by atoms with Crippen molar-refractivity contribution in [3.05, 3.63) is 0 Å². The lowest BCUT2D eigenvalue weighted by atomic mass is 9.96. The average molecular weight is 263 g/mol. The molecule has 1 unspecified atom stereocenters. The van der Waals surface area contributed by atoms with Crippen LogP contribution in [0.15, 0.2) is 0 Å². The first-order valence-corrected chi connectivity index (χ1v) is 6.61. The molecule has 0 saturated heterocycles. The second-order valence-corrected chi connectivity index (χ2v) is 5.15. The fraction of sp³-hybridized carbons (Fsp3) is 0.923. The molecule has 17 heavy (non-hydrogen) atoms. The van der Waals surface area contributed by atoms with Crippen LogP contribution in [-0.2, 0) is 4.79 Å². The van der Waals surface area contributed by atoms with E-state index >= 15 is 0 Å². The first kappa shape index (κ1) is 16.7. The highest BCUT2D eigenvalue weighted by Gasteiger charge is 2.20. The molecule has 1 atom stereocenters. The van der Waals surface area contributed by atoms with Crippen LogP contribution >= 0.6 is 12.4 Å². The van der Waals surface area contributed by atoms with Crippen molar-refractivity contribution in [1.29, 1.82) is 0 Å². The maximum Gasteiger partial charge on any atom is 0.222 e. The van der Waals surface area contributed by atoms with Gasteiger partial charge >= 0.3 is 0 Å². The predicted molar refractivity (Wildman–Crippen MR) is 74.3 cm³/mol. The lowest BCUT2D eigenvalue weighted by molar-refractivity contribution is -0.132. The minimum absolute atomic E-state index is 0. The second-order valence-electron chi connectivity index (χ2n) is 5.15. The quantitative estimate of drug-likeness (QED) is 0.792. The van der Waals surface area contributed by atoms with Gasteiger partial charge in [0.15, 0.2) is 0 Å². The van der Waals surface area contributed by atoms with Gasteiger partial charge in [0, 0.05) is 26.1 Å². The van der Waals surface area contributed by atoms with E-state index < -0.39 is 0 Å². The monoisotopic (exact) mass is 262 g/mol. The summed E-state index contributed by atoms with van der Waals surface area (Å²) in [6.07, 6.45) is 8.48. The van der Waals surface area contributed by atoms with E-state index in [1.165, 1.54) is 38.5 Å². The van der Waals surface area contributed by atoms with Crippen LogP contribution in [0.5, 0.6) is 0 Å². The van der Waals surface area contributed by atoms with E-state index in [0.29, 0.717) is 12.5 Å². The largest absolute Gasteiger partial charge is 0.342 e. The molecule has 1 aliphatic carbocycles. The molecule has 0 aromatic carbocycles. The highest BCUT2D eigenvalue weighted by atomic mass is 35.5. The summed E-state index contributed by atoms with van der Waals surface area (Å²) in [5.41, 5.74) is 5.58. The maximum atomic E-state index is 12.0. The molecule has 0 aliphatic heterocycles. The van der Waals surface area contributed by atoms with Gasteiger partial charge in [0.1, 0.15) is 0 Å². The first-order valence-electron chi connectivity index (χ1n) is 6.61. The van der Waals surface area contributed by atoms with Crippen LogP contribution in [0.4, 0.5) is 0 Å². The molecule has 1 rings (SSSR count). The number of rotatable bonds is 4. The summed E-state index contributed by atoms with van der Waals surface area (Å²) in [6, 6.07) is 0.165. The molecule has 0 spiro atoms. The van der Waals surface area contributed by atoms with Crippen LogP contribution in [0.3, 0.4) is 0 Å². The van der Waals surface area contributed by atoms with E-state index in [4.69, 9.17) is 5.73 Å². The van der Waals surface area contributed by atoms with E-state index in [-0.39, 0.29) is 24.4 Å². The Labute approximate surface area is 112 Å². The summed E-state index contributed by atoms with van der Waals surface area (Å²) in [7, 11) is 1.87. The van der Waals surface area contributed by atoms with Gasteiger partial charge in [0.25, 0.3) is 0 Å². The standard InChI is InChI=1S/C13H26N2O.ClH/c1-11(10-14)15(2)13(16)9-12-7-5-3-4-6-8-12;/h11-12H,3-10,14H2,1-2H3;1H. The molecule has 4 heteroatoms. The van der Waals surface area contributed by atoms with Crippen LogP contribution in [0.2, 0.25) is 0 Å². The summed E-state index contributed by atoms with van der Waals surface area (Å²) in [4.78, 5) is 13.8. The van der Waals surface area contributed by atoms with Gasteiger partial charge in [0.05, 0.1) is 0 Å². The van der Waals surface area contributed by atoms with E-state index in [1.54, 1.807) is 0 Å². The Morgan fingerprint density at radius 2 is 1.82 bits per heavy atom. The Bertz CT molecular complexity index is 215. The Hall–Kier alpha value is -0.280. The minimum atomic E-state index is 0. The molecule has 0 bridgehead atoms. The Morgan fingerprint density at radius 3 is 2.29 bits per heavy atom. The molecule has 1 amide bonds. The number of halogens is 1. The van der Waals surface area contributed by atoms with Gasteiger partial charge in [-0.1, -0.05) is 25.7 Å². The third kappa shape index (κ3) is 5.73. The summed E-state index contributed by atoms with van der Waals surface area (Å²) < 4.78 is 0. The lowest BCUT2D eigenvalue weighted by Gasteiger charge is -2.25. The van der Waals surface area contributed by atoms with Gasteiger partial charge in [-0.3, -0.25) is 4.79 Å². The van der Waals surface area contributed by atoms with E-state index in [1.807, 2.05) is 18.9 Å². The zero-order chi connectivity index (χ0) is 12.0. The van der Waals surface area contributed by atoms with Gasteiger partial charge in [-0.15, -0.1) is 12.4 Å². The summed E-state index contributed by atoms with van der Waals surface area (Å²) in [5, 5.41) is 0. The van der Waals surface area contributed by atoms with Crippen molar-refractivity contribution in [2.75, 3.05) is 13.6 Å². The highest BCUT2D eigenvalue weighted by molar-refractivity contribution is 5.85. The van der Waals surface area contributed by atoms with Crippen molar-refractivity contribution in [2.45, 2.75) is 57.9 Å². The maximum absolute atomic E-state index is 12.0. The predicted octanol–water partition coefficient (Wildman–Crippen LogP) is 2.57. The van der Waals surface area contributed by atoms with Gasteiger partial charge in [-0.2, -0.15) is 0 Å². The summed E-state index contributed by atoms with van der Waals surface area (Å²) >= 11 is 0. The summed E-state index contributed by atoms with van der Waals surface area (Å²) in [6.45, 7) is 2.55. The van der Waals surface area contributed by atoms with Crippen LogP contribution in [0.1, 0.15) is 51.9 Å². The minimum Gasteiger partial charge on any atom is -0.342 e. The van der Waals surface area contributed by atoms with E-state index in [2.05, 4.69) is 0 Å². The number of carbonyl (C=O) groups is 1. The average Bonchev–Trinajstić information content (AvgIpc) is 2.55. The van der Waals surface area contributed by atoms with Crippen molar-refractivity contribution in [1.82, 2.24) is 4.90 Å². The number of amides is 1. The van der Waals surface area contributed by atoms with E-state index in [0.717, 1.165) is 6.42 Å². The zero-order valence-corrected chi connectivity index (χ0v) is 12.0. The van der Waals surface area contributed by atoms with Crippen molar-refractivity contribution in [3.63, 3.8) is 0 Å². The molecular weight excluding hydrogens is 236 g/mol.